The first-order chi connectivity index (χ1) is 16.3. The molecule has 0 unspecified atom stereocenters. The van der Waals surface area contributed by atoms with Crippen LogP contribution in [0.1, 0.15) is 68.1 Å². The second kappa shape index (κ2) is 12.0. The van der Waals surface area contributed by atoms with Gasteiger partial charge in [0.25, 0.3) is 11.1 Å². The van der Waals surface area contributed by atoms with Crippen LogP contribution in [0.5, 0.6) is 5.75 Å². The number of rotatable bonds is 9. The summed E-state index contributed by atoms with van der Waals surface area (Å²) >= 11 is 1.29. The normalized spacial score (nSPS) is 18.9. The van der Waals surface area contributed by atoms with E-state index in [1.54, 1.807) is 31.4 Å². The van der Waals surface area contributed by atoms with Crippen molar-refractivity contribution in [3.63, 3.8) is 0 Å². The van der Waals surface area contributed by atoms with E-state index in [2.05, 4.69) is 20.8 Å². The minimum absolute atomic E-state index is 0.182. The number of nitrogens with zero attached hydrogens (tertiary/aromatic N) is 2. The van der Waals surface area contributed by atoms with Gasteiger partial charge in [-0.15, -0.1) is 10.2 Å². The molecule has 3 atom stereocenters. The number of carbonyl (C=O) groups is 3. The van der Waals surface area contributed by atoms with Crippen LogP contribution in [0.25, 0.3) is 0 Å². The zero-order chi connectivity index (χ0) is 24.7. The van der Waals surface area contributed by atoms with Crippen molar-refractivity contribution in [2.75, 3.05) is 13.4 Å². The number of carbonyl (C=O) groups excluding carboxylic acids is 3. The SMILES string of the molecule is COc1ccc(C(=O)N[C@H]2CCCC[C@H]2C(=O)NC(=O)[C@@H](CC(C)C)c2nnc(SC)o2)cc1. The van der Waals surface area contributed by atoms with Crippen LogP contribution in [0.4, 0.5) is 0 Å². The molecule has 1 fully saturated rings. The van der Waals surface area contributed by atoms with Gasteiger partial charge >= 0.3 is 0 Å². The second-order valence-electron chi connectivity index (χ2n) is 8.85. The van der Waals surface area contributed by atoms with E-state index in [0.29, 0.717) is 35.8 Å². The minimum atomic E-state index is -0.715. The number of benzene rings is 1. The molecule has 9 nitrogen and oxygen atoms in total. The Morgan fingerprint density at radius 2 is 1.85 bits per heavy atom. The van der Waals surface area contributed by atoms with Gasteiger partial charge in [-0.1, -0.05) is 38.5 Å². The molecule has 1 aromatic carbocycles. The van der Waals surface area contributed by atoms with Crippen molar-refractivity contribution in [3.8, 4) is 5.75 Å². The summed E-state index contributed by atoms with van der Waals surface area (Å²) in [5, 5.41) is 13.8. The Hall–Kier alpha value is -2.88. The van der Waals surface area contributed by atoms with Crippen molar-refractivity contribution < 1.29 is 23.5 Å². The first kappa shape index (κ1) is 25.7. The Kier molecular flexibility index (Phi) is 9.09. The Balaban J connectivity index is 1.68. The molecule has 0 bridgehead atoms. The van der Waals surface area contributed by atoms with Crippen molar-refractivity contribution in [2.24, 2.45) is 11.8 Å². The summed E-state index contributed by atoms with van der Waals surface area (Å²) in [6.07, 6.45) is 5.31. The Labute approximate surface area is 203 Å². The third-order valence-corrected chi connectivity index (χ3v) is 6.45. The maximum Gasteiger partial charge on any atom is 0.276 e. The predicted molar refractivity (Wildman–Crippen MR) is 128 cm³/mol. The maximum absolute atomic E-state index is 13.1. The van der Waals surface area contributed by atoms with Crippen LogP contribution in [0.15, 0.2) is 33.9 Å². The predicted octanol–water partition coefficient (Wildman–Crippen LogP) is 3.56. The van der Waals surface area contributed by atoms with Crippen molar-refractivity contribution in [2.45, 2.75) is 63.1 Å². The number of thioether (sulfide) groups is 1. The number of nitrogens with one attached hydrogen (secondary N) is 2. The lowest BCUT2D eigenvalue weighted by atomic mass is 9.83. The van der Waals surface area contributed by atoms with Crippen LogP contribution in [0, 0.1) is 11.8 Å². The number of imide groups is 1. The van der Waals surface area contributed by atoms with Gasteiger partial charge in [-0.2, -0.15) is 0 Å². The lowest BCUT2D eigenvalue weighted by Gasteiger charge is -2.31. The Morgan fingerprint density at radius 3 is 2.47 bits per heavy atom. The van der Waals surface area contributed by atoms with Crippen molar-refractivity contribution >= 4 is 29.5 Å². The summed E-state index contributed by atoms with van der Waals surface area (Å²) in [6.45, 7) is 3.97. The van der Waals surface area contributed by atoms with Gasteiger partial charge in [-0.05, 0) is 55.7 Å². The molecule has 1 aliphatic rings. The van der Waals surface area contributed by atoms with Crippen LogP contribution in [0.2, 0.25) is 0 Å². The topological polar surface area (TPSA) is 123 Å². The maximum atomic E-state index is 13.1. The van der Waals surface area contributed by atoms with E-state index < -0.39 is 17.7 Å². The highest BCUT2D eigenvalue weighted by molar-refractivity contribution is 7.98. The van der Waals surface area contributed by atoms with Gasteiger partial charge in [0.05, 0.1) is 13.0 Å². The summed E-state index contributed by atoms with van der Waals surface area (Å²) in [5.74, 6) is -1.27. The standard InChI is InChI=1S/C24H32N4O5S/c1-14(2)13-18(23-27-28-24(33-23)34-4)22(31)26-21(30)17-7-5-6-8-19(17)25-20(29)15-9-11-16(32-3)12-10-15/h9-12,14,17-19H,5-8,13H2,1-4H3,(H,25,29)(H,26,30,31)/t17-,18-,19+/m1/s1. The summed E-state index contributed by atoms with van der Waals surface area (Å²) in [5.41, 5.74) is 0.486. The number of ether oxygens (including phenoxy) is 1. The van der Waals surface area contributed by atoms with Gasteiger partial charge in [0.2, 0.25) is 17.7 Å². The van der Waals surface area contributed by atoms with Gasteiger partial charge in [0.1, 0.15) is 11.7 Å². The Bertz CT molecular complexity index is 992. The highest BCUT2D eigenvalue weighted by Gasteiger charge is 2.35. The van der Waals surface area contributed by atoms with Crippen LogP contribution < -0.4 is 15.4 Å². The van der Waals surface area contributed by atoms with E-state index in [-0.39, 0.29) is 29.7 Å². The lowest BCUT2D eigenvalue weighted by Crippen LogP contribution is -2.50. The molecule has 2 N–H and O–H groups in total. The van der Waals surface area contributed by atoms with Crippen molar-refractivity contribution in [1.29, 1.82) is 0 Å². The second-order valence-corrected chi connectivity index (χ2v) is 9.60. The average molecular weight is 489 g/mol. The fourth-order valence-electron chi connectivity index (χ4n) is 4.15. The number of hydrogen-bond donors (Lipinski definition) is 2. The van der Waals surface area contributed by atoms with Gasteiger partial charge < -0.3 is 14.5 Å². The van der Waals surface area contributed by atoms with E-state index in [1.165, 1.54) is 11.8 Å². The molecule has 1 aliphatic carbocycles. The molecule has 3 amide bonds. The third-order valence-electron chi connectivity index (χ3n) is 5.94. The zero-order valence-corrected chi connectivity index (χ0v) is 20.8. The quantitative estimate of drug-likeness (QED) is 0.514. The molecular formula is C24H32N4O5S. The average Bonchev–Trinajstić information content (AvgIpc) is 3.31. The molecule has 1 aromatic heterocycles. The monoisotopic (exact) mass is 488 g/mol. The molecule has 0 spiro atoms. The van der Waals surface area contributed by atoms with Crippen LogP contribution in [-0.4, -0.2) is 47.3 Å². The molecule has 184 valence electrons. The number of methoxy groups -OCH3 is 1. The molecule has 3 rings (SSSR count). The van der Waals surface area contributed by atoms with Gasteiger partial charge in [-0.25, -0.2) is 0 Å². The van der Waals surface area contributed by atoms with Crippen LogP contribution >= 0.6 is 11.8 Å². The summed E-state index contributed by atoms with van der Waals surface area (Å²) in [7, 11) is 1.56. The minimum Gasteiger partial charge on any atom is -0.497 e. The summed E-state index contributed by atoms with van der Waals surface area (Å²) in [4.78, 5) is 39.0. The smallest absolute Gasteiger partial charge is 0.276 e. The zero-order valence-electron chi connectivity index (χ0n) is 20.0. The Morgan fingerprint density at radius 1 is 1.15 bits per heavy atom. The molecule has 0 radical (unpaired) electrons. The molecule has 1 heterocycles. The number of hydrogen-bond acceptors (Lipinski definition) is 8. The van der Waals surface area contributed by atoms with Crippen LogP contribution in [0.3, 0.4) is 0 Å². The fourth-order valence-corrected chi connectivity index (χ4v) is 4.44. The lowest BCUT2D eigenvalue weighted by molar-refractivity contribution is -0.135. The van der Waals surface area contributed by atoms with E-state index in [4.69, 9.17) is 9.15 Å². The first-order valence-electron chi connectivity index (χ1n) is 11.5. The van der Waals surface area contributed by atoms with E-state index in [1.807, 2.05) is 20.1 Å². The molecule has 2 aromatic rings. The van der Waals surface area contributed by atoms with E-state index in [0.717, 1.165) is 12.8 Å². The van der Waals surface area contributed by atoms with Gasteiger partial charge in [-0.3, -0.25) is 19.7 Å². The molecule has 1 saturated carbocycles. The fraction of sp³-hybridized carbons (Fsp3) is 0.542. The first-order valence-corrected chi connectivity index (χ1v) is 12.7. The van der Waals surface area contributed by atoms with E-state index >= 15 is 0 Å². The molecule has 10 heteroatoms. The number of amides is 3. The molecule has 0 saturated heterocycles. The van der Waals surface area contributed by atoms with Crippen molar-refractivity contribution in [1.82, 2.24) is 20.8 Å². The largest absolute Gasteiger partial charge is 0.497 e. The van der Waals surface area contributed by atoms with Crippen LogP contribution in [-0.2, 0) is 9.59 Å². The highest BCUT2D eigenvalue weighted by Crippen LogP contribution is 2.28. The van der Waals surface area contributed by atoms with Crippen molar-refractivity contribution in [3.05, 3.63) is 35.7 Å². The van der Waals surface area contributed by atoms with E-state index in [9.17, 15) is 14.4 Å². The van der Waals surface area contributed by atoms with Gasteiger partial charge in [0, 0.05) is 11.6 Å². The molecule has 0 aliphatic heterocycles. The van der Waals surface area contributed by atoms with Gasteiger partial charge in [0.15, 0.2) is 0 Å². The number of aromatic nitrogens is 2. The molecular weight excluding hydrogens is 456 g/mol. The summed E-state index contributed by atoms with van der Waals surface area (Å²) in [6, 6.07) is 6.44. The third kappa shape index (κ3) is 6.59. The molecule has 34 heavy (non-hydrogen) atoms. The highest BCUT2D eigenvalue weighted by atomic mass is 32.2. The summed E-state index contributed by atoms with van der Waals surface area (Å²) < 4.78 is 10.7.